The molecule has 1 saturated carbocycles. The first kappa shape index (κ1) is 10.7. The molecule has 3 N–H and O–H groups in total. The van der Waals surface area contributed by atoms with Gasteiger partial charge in [-0.05, 0) is 38.2 Å². The van der Waals surface area contributed by atoms with E-state index in [2.05, 4.69) is 12.1 Å². The average Bonchev–Trinajstić information content (AvgIpc) is 2.24. The molecule has 0 heterocycles. The summed E-state index contributed by atoms with van der Waals surface area (Å²) in [6.45, 7) is 1.90. The average molecular weight is 205 g/mol. The fraction of sp³-hybridized carbons (Fsp3) is 0.538. The summed E-state index contributed by atoms with van der Waals surface area (Å²) in [6, 6.07) is 10.2. The Labute approximate surface area is 91.1 Å². The van der Waals surface area contributed by atoms with E-state index in [1.807, 2.05) is 25.1 Å². The number of benzene rings is 1. The van der Waals surface area contributed by atoms with Gasteiger partial charge in [0.25, 0.3) is 0 Å². The molecule has 0 saturated heterocycles. The van der Waals surface area contributed by atoms with E-state index in [-0.39, 0.29) is 5.54 Å². The van der Waals surface area contributed by atoms with Crippen LogP contribution < -0.4 is 5.73 Å². The zero-order valence-corrected chi connectivity index (χ0v) is 9.24. The maximum atomic E-state index is 9.90. The zero-order chi connectivity index (χ0) is 10.9. The van der Waals surface area contributed by atoms with Crippen molar-refractivity contribution in [1.29, 1.82) is 0 Å². The zero-order valence-electron chi connectivity index (χ0n) is 9.24. The first-order chi connectivity index (χ1) is 7.02. The van der Waals surface area contributed by atoms with Gasteiger partial charge in [-0.1, -0.05) is 30.3 Å². The lowest BCUT2D eigenvalue weighted by atomic mass is 9.72. The van der Waals surface area contributed by atoms with Gasteiger partial charge in [-0.15, -0.1) is 0 Å². The molecule has 2 nitrogen and oxygen atoms in total. The maximum absolute atomic E-state index is 9.90. The molecule has 1 aliphatic carbocycles. The van der Waals surface area contributed by atoms with Gasteiger partial charge < -0.3 is 10.8 Å². The highest BCUT2D eigenvalue weighted by atomic mass is 16.3. The predicted molar refractivity (Wildman–Crippen MR) is 61.4 cm³/mol. The molecule has 0 bridgehead atoms. The van der Waals surface area contributed by atoms with Crippen LogP contribution >= 0.6 is 0 Å². The smallest absolute Gasteiger partial charge is 0.0621 e. The Morgan fingerprint density at radius 2 is 1.60 bits per heavy atom. The van der Waals surface area contributed by atoms with E-state index in [0.717, 1.165) is 25.7 Å². The summed E-state index contributed by atoms with van der Waals surface area (Å²) in [5.41, 5.74) is 6.84. The van der Waals surface area contributed by atoms with Crippen LogP contribution in [-0.4, -0.2) is 10.7 Å². The van der Waals surface area contributed by atoms with Crippen LogP contribution in [0.4, 0.5) is 0 Å². The standard InChI is InChI=1S/C13H19NO/c1-12(15)7-9-13(14,10-8-12)11-5-3-2-4-6-11/h2-6,15H,7-10,14H2,1H3. The molecule has 2 rings (SSSR count). The van der Waals surface area contributed by atoms with Crippen LogP contribution in [0.2, 0.25) is 0 Å². The Morgan fingerprint density at radius 1 is 1.07 bits per heavy atom. The Bertz CT molecular complexity index is 322. The van der Waals surface area contributed by atoms with Gasteiger partial charge in [-0.2, -0.15) is 0 Å². The monoisotopic (exact) mass is 205 g/mol. The molecule has 0 atom stereocenters. The SMILES string of the molecule is CC1(O)CCC(N)(c2ccccc2)CC1. The largest absolute Gasteiger partial charge is 0.390 e. The molecule has 1 aliphatic rings. The molecule has 0 aliphatic heterocycles. The number of nitrogens with two attached hydrogens (primary N) is 1. The van der Waals surface area contributed by atoms with Crippen LogP contribution in [0.3, 0.4) is 0 Å². The highest BCUT2D eigenvalue weighted by molar-refractivity contribution is 5.24. The lowest BCUT2D eigenvalue weighted by molar-refractivity contribution is 0.000908. The molecule has 1 aromatic carbocycles. The van der Waals surface area contributed by atoms with E-state index in [1.54, 1.807) is 0 Å². The van der Waals surface area contributed by atoms with Crippen molar-refractivity contribution in [1.82, 2.24) is 0 Å². The number of hydrogen-bond acceptors (Lipinski definition) is 2. The summed E-state index contributed by atoms with van der Waals surface area (Å²) in [4.78, 5) is 0. The molecule has 1 aromatic rings. The molecule has 82 valence electrons. The normalized spacial score (nSPS) is 36.5. The molecule has 1 fully saturated rings. The second-order valence-corrected chi connectivity index (χ2v) is 5.02. The van der Waals surface area contributed by atoms with E-state index >= 15 is 0 Å². The summed E-state index contributed by atoms with van der Waals surface area (Å²) in [5.74, 6) is 0. The van der Waals surface area contributed by atoms with Crippen LogP contribution in [-0.2, 0) is 5.54 Å². The molecule has 15 heavy (non-hydrogen) atoms. The summed E-state index contributed by atoms with van der Waals surface area (Å²) in [6.07, 6.45) is 3.31. The van der Waals surface area contributed by atoms with Gasteiger partial charge in [-0.25, -0.2) is 0 Å². The summed E-state index contributed by atoms with van der Waals surface area (Å²) < 4.78 is 0. The van der Waals surface area contributed by atoms with Gasteiger partial charge in [0.05, 0.1) is 5.60 Å². The van der Waals surface area contributed by atoms with Crippen molar-refractivity contribution in [2.45, 2.75) is 43.7 Å². The van der Waals surface area contributed by atoms with Crippen LogP contribution in [0, 0.1) is 0 Å². The Kier molecular flexibility index (Phi) is 2.57. The third-order valence-corrected chi connectivity index (χ3v) is 3.57. The minimum absolute atomic E-state index is 0.233. The summed E-state index contributed by atoms with van der Waals surface area (Å²) >= 11 is 0. The molecular formula is C13H19NO. The molecule has 0 radical (unpaired) electrons. The molecule has 0 spiro atoms. The van der Waals surface area contributed by atoms with E-state index in [0.29, 0.717) is 0 Å². The number of hydrogen-bond donors (Lipinski definition) is 2. The van der Waals surface area contributed by atoms with E-state index < -0.39 is 5.60 Å². The Morgan fingerprint density at radius 3 is 2.13 bits per heavy atom. The third-order valence-electron chi connectivity index (χ3n) is 3.57. The Hall–Kier alpha value is -0.860. The van der Waals surface area contributed by atoms with Crippen molar-refractivity contribution < 1.29 is 5.11 Å². The second kappa shape index (κ2) is 3.62. The fourth-order valence-electron chi connectivity index (χ4n) is 2.29. The van der Waals surface area contributed by atoms with Gasteiger partial charge in [-0.3, -0.25) is 0 Å². The predicted octanol–water partition coefficient (Wildman–Crippen LogP) is 2.17. The van der Waals surface area contributed by atoms with Gasteiger partial charge in [0.1, 0.15) is 0 Å². The first-order valence-electron chi connectivity index (χ1n) is 5.59. The topological polar surface area (TPSA) is 46.2 Å². The minimum atomic E-state index is -0.516. The van der Waals surface area contributed by atoms with Crippen molar-refractivity contribution in [3.8, 4) is 0 Å². The molecule has 0 aromatic heterocycles. The molecule has 0 amide bonds. The quantitative estimate of drug-likeness (QED) is 0.738. The number of rotatable bonds is 1. The highest BCUT2D eigenvalue weighted by Gasteiger charge is 2.37. The van der Waals surface area contributed by atoms with Crippen molar-refractivity contribution in [2.24, 2.45) is 5.73 Å². The van der Waals surface area contributed by atoms with Crippen LogP contribution in [0.5, 0.6) is 0 Å². The summed E-state index contributed by atoms with van der Waals surface area (Å²) in [7, 11) is 0. The van der Waals surface area contributed by atoms with Crippen molar-refractivity contribution >= 4 is 0 Å². The van der Waals surface area contributed by atoms with Gasteiger partial charge in [0.15, 0.2) is 0 Å². The van der Waals surface area contributed by atoms with Crippen molar-refractivity contribution in [2.75, 3.05) is 0 Å². The van der Waals surface area contributed by atoms with Crippen LogP contribution in [0.15, 0.2) is 30.3 Å². The van der Waals surface area contributed by atoms with Crippen LogP contribution in [0.25, 0.3) is 0 Å². The lowest BCUT2D eigenvalue weighted by Gasteiger charge is -2.40. The van der Waals surface area contributed by atoms with Gasteiger partial charge in [0, 0.05) is 5.54 Å². The first-order valence-corrected chi connectivity index (χ1v) is 5.59. The van der Waals surface area contributed by atoms with E-state index in [1.165, 1.54) is 5.56 Å². The van der Waals surface area contributed by atoms with Gasteiger partial charge >= 0.3 is 0 Å². The van der Waals surface area contributed by atoms with E-state index in [9.17, 15) is 5.11 Å². The molecule has 0 unspecified atom stereocenters. The third kappa shape index (κ3) is 2.21. The van der Waals surface area contributed by atoms with Crippen LogP contribution in [0.1, 0.15) is 38.2 Å². The summed E-state index contributed by atoms with van der Waals surface area (Å²) in [5, 5.41) is 9.90. The van der Waals surface area contributed by atoms with Gasteiger partial charge in [0.2, 0.25) is 0 Å². The van der Waals surface area contributed by atoms with E-state index in [4.69, 9.17) is 5.73 Å². The second-order valence-electron chi connectivity index (χ2n) is 5.02. The van der Waals surface area contributed by atoms with Crippen molar-refractivity contribution in [3.05, 3.63) is 35.9 Å². The lowest BCUT2D eigenvalue weighted by Crippen LogP contribution is -2.45. The number of aliphatic hydroxyl groups is 1. The molecule has 2 heteroatoms. The highest BCUT2D eigenvalue weighted by Crippen LogP contribution is 2.39. The minimum Gasteiger partial charge on any atom is -0.390 e. The molecular weight excluding hydrogens is 186 g/mol. The Balaban J connectivity index is 2.17. The maximum Gasteiger partial charge on any atom is 0.0621 e. The fourth-order valence-corrected chi connectivity index (χ4v) is 2.29. The van der Waals surface area contributed by atoms with Crippen molar-refractivity contribution in [3.63, 3.8) is 0 Å².